The summed E-state index contributed by atoms with van der Waals surface area (Å²) in [5, 5.41) is 9.09. The fourth-order valence-corrected chi connectivity index (χ4v) is 5.98. The minimum absolute atomic E-state index is 0.168. The van der Waals surface area contributed by atoms with Crippen molar-refractivity contribution in [2.24, 2.45) is 17.3 Å². The smallest absolute Gasteiger partial charge is 0.315 e. The largest absolute Gasteiger partial charge is 0.344 e. The number of para-hydroxylation sites is 1. The van der Waals surface area contributed by atoms with Gasteiger partial charge in [0.05, 0.1) is 22.8 Å². The van der Waals surface area contributed by atoms with E-state index in [0.29, 0.717) is 29.8 Å². The number of carbonyl (C=O) groups is 4. The maximum atomic E-state index is 13.9. The summed E-state index contributed by atoms with van der Waals surface area (Å²) in [6.07, 6.45) is 5.79. The third-order valence-electron chi connectivity index (χ3n) is 7.65. The molecule has 4 amide bonds. The predicted octanol–water partition coefficient (Wildman–Crippen LogP) is 4.91. The monoisotopic (exact) mass is 583 g/mol. The van der Waals surface area contributed by atoms with Crippen LogP contribution in [0.3, 0.4) is 0 Å². The van der Waals surface area contributed by atoms with Crippen LogP contribution < -0.4 is 16.0 Å². The Morgan fingerprint density at radius 1 is 0.976 bits per heavy atom. The first-order chi connectivity index (χ1) is 19.2. The molecule has 2 aromatic rings. The lowest BCUT2D eigenvalue weighted by Crippen LogP contribution is -2.60. The molecule has 2 saturated carbocycles. The van der Waals surface area contributed by atoms with E-state index in [1.807, 2.05) is 65.8 Å². The summed E-state index contributed by atoms with van der Waals surface area (Å²) in [5.41, 5.74) is -0.277. The van der Waals surface area contributed by atoms with E-state index in [-0.39, 0.29) is 24.1 Å². The number of amides is 4. The van der Waals surface area contributed by atoms with Gasteiger partial charge in [0, 0.05) is 12.1 Å². The Kier molecular flexibility index (Phi) is 9.41. The number of carbonyl (C=O) groups excluding carboxylic acids is 4. The van der Waals surface area contributed by atoms with Gasteiger partial charge in [-0.3, -0.25) is 14.4 Å². The second-order valence-corrected chi connectivity index (χ2v) is 14.8. The lowest BCUT2D eigenvalue weighted by Gasteiger charge is -2.36. The number of rotatable bonds is 11. The minimum Gasteiger partial charge on any atom is -0.344 e. The Balaban J connectivity index is 1.49. The number of aromatic nitrogens is 1. The number of thiazole rings is 1. The normalized spacial score (nSPS) is 17.3. The Labute approximate surface area is 247 Å². The van der Waals surface area contributed by atoms with Crippen LogP contribution in [0.25, 0.3) is 10.2 Å². The first kappa shape index (κ1) is 30.9. The Morgan fingerprint density at radius 3 is 2.22 bits per heavy atom. The number of Topliss-reactive ketones (excluding diaryl/α,β-unsaturated/α-hetero) is 1. The lowest BCUT2D eigenvalue weighted by molar-refractivity contribution is -0.140. The highest BCUT2D eigenvalue weighted by molar-refractivity contribution is 7.20. The summed E-state index contributed by atoms with van der Waals surface area (Å²) < 4.78 is 0.932. The molecular formula is C31H45N5O4S. The zero-order valence-electron chi connectivity index (χ0n) is 25.2. The van der Waals surface area contributed by atoms with E-state index in [0.717, 1.165) is 42.3 Å². The third kappa shape index (κ3) is 8.74. The van der Waals surface area contributed by atoms with E-state index in [9.17, 15) is 19.2 Å². The molecule has 9 nitrogen and oxygen atoms in total. The van der Waals surface area contributed by atoms with E-state index in [1.165, 1.54) is 11.3 Å². The molecule has 0 saturated heterocycles. The Bertz CT molecular complexity index is 1240. The number of hydrogen-bond donors (Lipinski definition) is 3. The predicted molar refractivity (Wildman–Crippen MR) is 162 cm³/mol. The van der Waals surface area contributed by atoms with Crippen LogP contribution in [0.4, 0.5) is 4.79 Å². The Morgan fingerprint density at radius 2 is 1.66 bits per heavy atom. The van der Waals surface area contributed by atoms with Gasteiger partial charge in [0.15, 0.2) is 5.01 Å². The molecule has 4 rings (SSSR count). The van der Waals surface area contributed by atoms with E-state index in [2.05, 4.69) is 20.9 Å². The average molecular weight is 584 g/mol. The first-order valence-corrected chi connectivity index (χ1v) is 15.6. The van der Waals surface area contributed by atoms with Crippen molar-refractivity contribution in [1.82, 2.24) is 25.8 Å². The minimum atomic E-state index is -0.827. The third-order valence-corrected chi connectivity index (χ3v) is 8.70. The molecule has 41 heavy (non-hydrogen) atoms. The molecule has 1 aromatic heterocycles. The maximum Gasteiger partial charge on any atom is 0.315 e. The van der Waals surface area contributed by atoms with Crippen LogP contribution in [0, 0.1) is 17.3 Å². The molecule has 1 aromatic carbocycles. The van der Waals surface area contributed by atoms with Gasteiger partial charge in [0.2, 0.25) is 17.6 Å². The fourth-order valence-electron chi connectivity index (χ4n) is 5.02. The molecule has 2 aliphatic rings. The van der Waals surface area contributed by atoms with Gasteiger partial charge in [-0.2, -0.15) is 0 Å². The maximum absolute atomic E-state index is 13.9. The van der Waals surface area contributed by atoms with Crippen LogP contribution in [-0.2, 0) is 9.59 Å². The molecule has 2 atom stereocenters. The highest BCUT2D eigenvalue weighted by Crippen LogP contribution is 2.33. The number of urea groups is 1. The van der Waals surface area contributed by atoms with Crippen molar-refractivity contribution < 1.29 is 19.2 Å². The molecule has 0 spiro atoms. The molecule has 0 bridgehead atoms. The van der Waals surface area contributed by atoms with Crippen molar-refractivity contribution in [3.63, 3.8) is 0 Å². The molecule has 2 fully saturated rings. The summed E-state index contributed by atoms with van der Waals surface area (Å²) in [5.74, 6) is -0.120. The number of fused-ring (bicyclic) bond motifs is 1. The topological polar surface area (TPSA) is 121 Å². The average Bonchev–Trinajstić information content (AvgIpc) is 3.55. The molecule has 10 heteroatoms. The standard InChI is InChI=1S/C31H45N5O4S/c1-30(2,3)26(34-29(40)35-31(4,5)6)28(39)36(17-20-14-15-20)18-24(37)32-22(16-19-10-9-11-19)25(38)27-33-21-12-7-8-13-23(21)41-27/h7-8,12-13,19-20,22,26H,9-11,14-18H2,1-6H3,(H,32,37)(H2,34,35,40)/t22?,26-/m1/s1. The zero-order valence-corrected chi connectivity index (χ0v) is 26.0. The fraction of sp³-hybridized carbons (Fsp3) is 0.645. The summed E-state index contributed by atoms with van der Waals surface area (Å²) in [6.45, 7) is 11.6. The summed E-state index contributed by atoms with van der Waals surface area (Å²) in [7, 11) is 0. The summed E-state index contributed by atoms with van der Waals surface area (Å²) in [6, 6.07) is 5.68. The number of nitrogens with zero attached hydrogens (tertiary/aromatic N) is 2. The van der Waals surface area contributed by atoms with Crippen LogP contribution in [0.5, 0.6) is 0 Å². The highest BCUT2D eigenvalue weighted by Gasteiger charge is 2.39. The van der Waals surface area contributed by atoms with Gasteiger partial charge in [0.25, 0.3) is 0 Å². The van der Waals surface area contributed by atoms with Gasteiger partial charge < -0.3 is 20.9 Å². The van der Waals surface area contributed by atoms with Gasteiger partial charge in [0.1, 0.15) is 6.04 Å². The quantitative estimate of drug-likeness (QED) is 0.325. The SMILES string of the molecule is CC(C)(C)NC(=O)N[C@H](C(=O)N(CC(=O)NC(CC1CCC1)C(=O)c1nc2ccccc2s1)CC1CC1)C(C)(C)C. The molecule has 2 aliphatic carbocycles. The van der Waals surface area contributed by atoms with Gasteiger partial charge in [-0.1, -0.05) is 52.2 Å². The van der Waals surface area contributed by atoms with Crippen molar-refractivity contribution >= 4 is 45.2 Å². The van der Waals surface area contributed by atoms with Crippen LogP contribution in [0.1, 0.15) is 89.9 Å². The molecule has 0 radical (unpaired) electrons. The van der Waals surface area contributed by atoms with E-state index >= 15 is 0 Å². The van der Waals surface area contributed by atoms with E-state index in [1.54, 1.807) is 4.90 Å². The molecule has 1 unspecified atom stereocenters. The lowest BCUT2D eigenvalue weighted by atomic mass is 9.80. The molecule has 3 N–H and O–H groups in total. The first-order valence-electron chi connectivity index (χ1n) is 14.8. The van der Waals surface area contributed by atoms with Crippen molar-refractivity contribution in [2.75, 3.05) is 13.1 Å². The van der Waals surface area contributed by atoms with Crippen molar-refractivity contribution in [3.8, 4) is 0 Å². The van der Waals surface area contributed by atoms with Crippen molar-refractivity contribution in [2.45, 2.75) is 97.7 Å². The molecular weight excluding hydrogens is 538 g/mol. The van der Waals surface area contributed by atoms with Crippen LogP contribution in [0.2, 0.25) is 0 Å². The van der Waals surface area contributed by atoms with Crippen LogP contribution in [0.15, 0.2) is 24.3 Å². The Hall–Kier alpha value is -3.01. The highest BCUT2D eigenvalue weighted by atomic mass is 32.1. The van der Waals surface area contributed by atoms with E-state index in [4.69, 9.17) is 0 Å². The summed E-state index contributed by atoms with van der Waals surface area (Å²) in [4.78, 5) is 59.8. The van der Waals surface area contributed by atoms with Gasteiger partial charge in [-0.05, 0) is 69.4 Å². The van der Waals surface area contributed by atoms with Crippen molar-refractivity contribution in [3.05, 3.63) is 29.3 Å². The molecule has 224 valence electrons. The van der Waals surface area contributed by atoms with Crippen LogP contribution in [-0.4, -0.2) is 64.2 Å². The van der Waals surface area contributed by atoms with Gasteiger partial charge >= 0.3 is 6.03 Å². The zero-order chi connectivity index (χ0) is 29.9. The second kappa shape index (κ2) is 12.5. The second-order valence-electron chi connectivity index (χ2n) is 13.8. The number of benzene rings is 1. The molecule has 1 heterocycles. The van der Waals surface area contributed by atoms with Gasteiger partial charge in [-0.15, -0.1) is 11.3 Å². The summed E-state index contributed by atoms with van der Waals surface area (Å²) >= 11 is 1.34. The number of ketones is 1. The van der Waals surface area contributed by atoms with Crippen LogP contribution >= 0.6 is 11.3 Å². The number of nitrogens with one attached hydrogen (secondary N) is 3. The van der Waals surface area contributed by atoms with Crippen molar-refractivity contribution in [1.29, 1.82) is 0 Å². The van der Waals surface area contributed by atoms with Gasteiger partial charge in [-0.25, -0.2) is 9.78 Å². The van der Waals surface area contributed by atoms with E-state index < -0.39 is 29.1 Å². The number of hydrogen-bond acceptors (Lipinski definition) is 6. The molecule has 0 aliphatic heterocycles.